The molecule has 0 aromatic carbocycles. The van der Waals surface area contributed by atoms with Gasteiger partial charge in [0.25, 0.3) is 0 Å². The van der Waals surface area contributed by atoms with Gasteiger partial charge in [0.2, 0.25) is 0 Å². The Kier molecular flexibility index (Phi) is 4.64. The normalized spacial score (nSPS) is 25.7. The monoisotopic (exact) mass is 223 g/mol. The molecule has 0 spiro atoms. The van der Waals surface area contributed by atoms with Gasteiger partial charge in [-0.25, -0.2) is 5.84 Å². The lowest BCUT2D eigenvalue weighted by Crippen LogP contribution is -2.36. The smallest absolute Gasteiger partial charge is 0.114 e. The fourth-order valence-corrected chi connectivity index (χ4v) is 3.04. The van der Waals surface area contributed by atoms with Crippen LogP contribution in [0, 0.1) is 5.92 Å². The van der Waals surface area contributed by atoms with E-state index in [1.165, 1.54) is 64.2 Å². The van der Waals surface area contributed by atoms with Gasteiger partial charge in [-0.3, -0.25) is 4.99 Å². The maximum atomic E-state index is 5.63. The molecule has 0 saturated heterocycles. The summed E-state index contributed by atoms with van der Waals surface area (Å²) in [6, 6.07) is 0.536. The summed E-state index contributed by atoms with van der Waals surface area (Å²) in [5.74, 6) is 7.33. The summed E-state index contributed by atoms with van der Waals surface area (Å²) in [7, 11) is 0. The minimum Gasteiger partial charge on any atom is -0.312 e. The second-order valence-corrected chi connectivity index (χ2v) is 5.29. The zero-order valence-corrected chi connectivity index (χ0v) is 10.3. The average Bonchev–Trinajstić information content (AvgIpc) is 2.71. The van der Waals surface area contributed by atoms with Crippen molar-refractivity contribution in [3.63, 3.8) is 0 Å². The van der Waals surface area contributed by atoms with Crippen molar-refractivity contribution in [2.24, 2.45) is 16.8 Å². The first-order valence-electron chi connectivity index (χ1n) is 6.94. The van der Waals surface area contributed by atoms with Gasteiger partial charge in [-0.15, -0.1) is 0 Å². The molecule has 2 rings (SSSR count). The number of hydrogen-bond donors (Lipinski definition) is 2. The van der Waals surface area contributed by atoms with Crippen molar-refractivity contribution in [1.29, 1.82) is 0 Å². The number of nitrogens with one attached hydrogen (secondary N) is 1. The Bertz CT molecular complexity index is 223. The van der Waals surface area contributed by atoms with E-state index in [-0.39, 0.29) is 0 Å². The molecule has 3 heteroatoms. The largest absolute Gasteiger partial charge is 0.312 e. The van der Waals surface area contributed by atoms with Gasteiger partial charge >= 0.3 is 0 Å². The molecular formula is C13H25N3. The van der Waals surface area contributed by atoms with Gasteiger partial charge in [0.1, 0.15) is 5.84 Å². The van der Waals surface area contributed by atoms with Gasteiger partial charge in [-0.2, -0.15) is 0 Å². The Balaban J connectivity index is 1.94. The highest BCUT2D eigenvalue weighted by Gasteiger charge is 2.21. The first kappa shape index (κ1) is 11.9. The number of rotatable bonds is 2. The molecule has 3 N–H and O–H groups in total. The third-order valence-corrected chi connectivity index (χ3v) is 4.04. The molecule has 0 amide bonds. The molecule has 0 aromatic rings. The Morgan fingerprint density at radius 1 is 0.875 bits per heavy atom. The van der Waals surface area contributed by atoms with E-state index in [0.29, 0.717) is 12.0 Å². The van der Waals surface area contributed by atoms with Crippen LogP contribution in [-0.4, -0.2) is 11.9 Å². The summed E-state index contributed by atoms with van der Waals surface area (Å²) in [4.78, 5) is 4.88. The van der Waals surface area contributed by atoms with E-state index in [1.54, 1.807) is 0 Å². The van der Waals surface area contributed by atoms with Gasteiger partial charge in [-0.05, 0) is 25.7 Å². The molecule has 0 heterocycles. The van der Waals surface area contributed by atoms with Crippen molar-refractivity contribution in [3.8, 4) is 0 Å². The Labute approximate surface area is 98.9 Å². The van der Waals surface area contributed by atoms with Crippen molar-refractivity contribution >= 4 is 5.84 Å². The van der Waals surface area contributed by atoms with E-state index in [2.05, 4.69) is 5.43 Å². The molecule has 16 heavy (non-hydrogen) atoms. The fourth-order valence-electron chi connectivity index (χ4n) is 3.04. The minimum absolute atomic E-state index is 0.536. The molecule has 3 nitrogen and oxygen atoms in total. The summed E-state index contributed by atoms with van der Waals surface area (Å²) in [5.41, 5.74) is 2.86. The van der Waals surface area contributed by atoms with Crippen LogP contribution in [0.15, 0.2) is 4.99 Å². The average molecular weight is 223 g/mol. The van der Waals surface area contributed by atoms with Gasteiger partial charge in [0, 0.05) is 5.92 Å². The third kappa shape index (κ3) is 3.21. The molecule has 2 aliphatic rings. The SMILES string of the molecule is NNC(=NC1CCCCCC1)C1CCCC1. The molecule has 2 aliphatic carbocycles. The second-order valence-electron chi connectivity index (χ2n) is 5.29. The first-order chi connectivity index (χ1) is 7.90. The zero-order chi connectivity index (χ0) is 11.2. The number of nitrogens with two attached hydrogens (primary N) is 1. The summed E-state index contributed by atoms with van der Waals surface area (Å²) < 4.78 is 0. The van der Waals surface area contributed by atoms with Crippen LogP contribution in [0.4, 0.5) is 0 Å². The molecular weight excluding hydrogens is 198 g/mol. The number of amidine groups is 1. The minimum atomic E-state index is 0.536. The topological polar surface area (TPSA) is 50.4 Å². The number of hydrogen-bond acceptors (Lipinski definition) is 2. The Morgan fingerprint density at radius 2 is 1.44 bits per heavy atom. The van der Waals surface area contributed by atoms with E-state index >= 15 is 0 Å². The van der Waals surface area contributed by atoms with Crippen LogP contribution in [0.2, 0.25) is 0 Å². The second kappa shape index (κ2) is 6.24. The maximum Gasteiger partial charge on any atom is 0.114 e. The molecule has 0 bridgehead atoms. The van der Waals surface area contributed by atoms with E-state index < -0.39 is 0 Å². The van der Waals surface area contributed by atoms with Crippen molar-refractivity contribution in [2.75, 3.05) is 0 Å². The molecule has 0 unspecified atom stereocenters. The molecule has 0 atom stereocenters. The van der Waals surface area contributed by atoms with Crippen LogP contribution in [0.1, 0.15) is 64.2 Å². The van der Waals surface area contributed by atoms with Crippen molar-refractivity contribution in [1.82, 2.24) is 5.43 Å². The maximum absolute atomic E-state index is 5.63. The number of hydrazine groups is 1. The molecule has 0 aliphatic heterocycles. The molecule has 0 aromatic heterocycles. The highest BCUT2D eigenvalue weighted by molar-refractivity contribution is 5.84. The molecule has 2 fully saturated rings. The number of nitrogens with zero attached hydrogens (tertiary/aromatic N) is 1. The third-order valence-electron chi connectivity index (χ3n) is 4.04. The van der Waals surface area contributed by atoms with E-state index in [1.807, 2.05) is 0 Å². The Morgan fingerprint density at radius 3 is 2.00 bits per heavy atom. The van der Waals surface area contributed by atoms with Crippen molar-refractivity contribution in [3.05, 3.63) is 0 Å². The molecule has 92 valence electrons. The van der Waals surface area contributed by atoms with Gasteiger partial charge in [-0.1, -0.05) is 38.5 Å². The van der Waals surface area contributed by atoms with Gasteiger partial charge < -0.3 is 5.43 Å². The van der Waals surface area contributed by atoms with Crippen molar-refractivity contribution < 1.29 is 0 Å². The predicted octanol–water partition coefficient (Wildman–Crippen LogP) is 2.76. The fraction of sp³-hybridized carbons (Fsp3) is 0.923. The zero-order valence-electron chi connectivity index (χ0n) is 10.3. The van der Waals surface area contributed by atoms with Gasteiger partial charge in [0.05, 0.1) is 6.04 Å². The lowest BCUT2D eigenvalue weighted by atomic mass is 10.1. The lowest BCUT2D eigenvalue weighted by molar-refractivity contribution is 0.570. The van der Waals surface area contributed by atoms with Crippen molar-refractivity contribution in [2.45, 2.75) is 70.3 Å². The van der Waals surface area contributed by atoms with Crippen LogP contribution in [0.25, 0.3) is 0 Å². The quantitative estimate of drug-likeness (QED) is 0.249. The van der Waals surface area contributed by atoms with E-state index in [0.717, 1.165) is 5.84 Å². The Hall–Kier alpha value is -0.570. The molecule has 0 radical (unpaired) electrons. The van der Waals surface area contributed by atoms with Crippen LogP contribution >= 0.6 is 0 Å². The summed E-state index contributed by atoms with van der Waals surface area (Å²) >= 11 is 0. The number of aliphatic imine (C=N–C) groups is 1. The summed E-state index contributed by atoms with van der Waals surface area (Å²) in [6.45, 7) is 0. The van der Waals surface area contributed by atoms with Crippen LogP contribution < -0.4 is 11.3 Å². The van der Waals surface area contributed by atoms with Gasteiger partial charge in [0.15, 0.2) is 0 Å². The first-order valence-corrected chi connectivity index (χ1v) is 6.94. The lowest BCUT2D eigenvalue weighted by Gasteiger charge is -2.16. The van der Waals surface area contributed by atoms with E-state index in [4.69, 9.17) is 10.8 Å². The standard InChI is InChI=1S/C13H25N3/c14-16-13(11-7-5-6-8-11)15-12-9-3-1-2-4-10-12/h11-12H,1-10,14H2,(H,15,16). The summed E-state index contributed by atoms with van der Waals surface area (Å²) in [5, 5.41) is 0. The summed E-state index contributed by atoms with van der Waals surface area (Å²) in [6.07, 6.45) is 13.2. The van der Waals surface area contributed by atoms with E-state index in [9.17, 15) is 0 Å². The van der Waals surface area contributed by atoms with Crippen LogP contribution in [-0.2, 0) is 0 Å². The highest BCUT2D eigenvalue weighted by Crippen LogP contribution is 2.27. The highest BCUT2D eigenvalue weighted by atomic mass is 15.3. The predicted molar refractivity (Wildman–Crippen MR) is 68.2 cm³/mol. The van der Waals surface area contributed by atoms with Crippen LogP contribution in [0.5, 0.6) is 0 Å². The van der Waals surface area contributed by atoms with Crippen LogP contribution in [0.3, 0.4) is 0 Å². The molecule has 2 saturated carbocycles.